The molecule has 9 nitrogen and oxygen atoms in total. The number of nitrogens with zero attached hydrogens (tertiary/aromatic N) is 6. The van der Waals surface area contributed by atoms with Crippen molar-refractivity contribution in [2.24, 2.45) is 0 Å². The fourth-order valence-corrected chi connectivity index (χ4v) is 5.68. The second kappa shape index (κ2) is 10.5. The first kappa shape index (κ1) is 24.1. The smallest absolute Gasteiger partial charge is 0.309 e. The molecule has 0 aliphatic carbocycles. The minimum absolute atomic E-state index is 0.241. The third kappa shape index (κ3) is 5.00. The lowest BCUT2D eigenvalue weighted by atomic mass is 10.1. The maximum atomic E-state index is 13.4. The van der Waals surface area contributed by atoms with Crippen molar-refractivity contribution in [3.63, 3.8) is 0 Å². The maximum absolute atomic E-state index is 13.4. The summed E-state index contributed by atoms with van der Waals surface area (Å²) in [6.07, 6.45) is 2.05. The van der Waals surface area contributed by atoms with Crippen LogP contribution in [0.2, 0.25) is 4.34 Å². The second-order valence-electron chi connectivity index (χ2n) is 7.47. The minimum atomic E-state index is -0.416. The molecule has 0 aliphatic heterocycles. The summed E-state index contributed by atoms with van der Waals surface area (Å²) in [5.41, 5.74) is 1.31. The average molecular weight is 554 g/mol. The van der Waals surface area contributed by atoms with Gasteiger partial charge in [0.2, 0.25) is 0 Å². The molecule has 0 fully saturated rings. The van der Waals surface area contributed by atoms with Crippen LogP contribution in [-0.4, -0.2) is 29.6 Å². The van der Waals surface area contributed by atoms with E-state index in [1.54, 1.807) is 35.8 Å². The van der Waals surface area contributed by atoms with Gasteiger partial charge >= 0.3 is 5.91 Å². The summed E-state index contributed by atoms with van der Waals surface area (Å²) in [5, 5.41) is 21.1. The Balaban J connectivity index is 1.52. The number of nitriles is 1. The van der Waals surface area contributed by atoms with E-state index in [-0.39, 0.29) is 21.8 Å². The van der Waals surface area contributed by atoms with Gasteiger partial charge in [0.15, 0.2) is 5.01 Å². The first-order chi connectivity index (χ1) is 17.5. The number of thiazole rings is 1. The molecule has 180 valence electrons. The molecule has 5 rings (SSSR count). The Morgan fingerprint density at radius 2 is 2.08 bits per heavy atom. The number of hydrogen-bond acceptors (Lipinski definition) is 10. The SMILES string of the molecule is N#Cc1ccc(-c2cc(NCc3ccc(Cl)s3)n(C(=O)c3nccs3)n2)c(=O)n1CCc1ccsn1. The summed E-state index contributed by atoms with van der Waals surface area (Å²) >= 11 is 10.0. The summed E-state index contributed by atoms with van der Waals surface area (Å²) < 4.78 is 7.56. The molecule has 0 atom stereocenters. The zero-order valence-corrected chi connectivity index (χ0v) is 21.6. The Labute approximate surface area is 222 Å². The molecule has 5 heterocycles. The number of halogens is 1. The van der Waals surface area contributed by atoms with Gasteiger partial charge in [-0.1, -0.05) is 11.6 Å². The molecule has 0 aromatic carbocycles. The molecule has 36 heavy (non-hydrogen) atoms. The van der Waals surface area contributed by atoms with Crippen molar-refractivity contribution >= 4 is 57.5 Å². The van der Waals surface area contributed by atoms with Crippen molar-refractivity contribution in [1.82, 2.24) is 23.7 Å². The normalized spacial score (nSPS) is 10.9. The van der Waals surface area contributed by atoms with Crippen LogP contribution in [0.3, 0.4) is 0 Å². The van der Waals surface area contributed by atoms with Crippen LogP contribution in [0.4, 0.5) is 5.82 Å². The molecule has 13 heteroatoms. The van der Waals surface area contributed by atoms with Crippen LogP contribution in [0.5, 0.6) is 0 Å². The van der Waals surface area contributed by atoms with Crippen LogP contribution < -0.4 is 10.9 Å². The number of hydrogen-bond donors (Lipinski definition) is 1. The maximum Gasteiger partial charge on any atom is 0.309 e. The number of anilines is 1. The van der Waals surface area contributed by atoms with E-state index in [2.05, 4.69) is 25.8 Å². The van der Waals surface area contributed by atoms with E-state index in [1.807, 2.05) is 17.5 Å². The Morgan fingerprint density at radius 1 is 1.19 bits per heavy atom. The van der Waals surface area contributed by atoms with Crippen molar-refractivity contribution in [1.29, 1.82) is 5.26 Å². The number of aryl methyl sites for hydroxylation is 1. The van der Waals surface area contributed by atoms with Gasteiger partial charge in [-0.05, 0) is 41.9 Å². The van der Waals surface area contributed by atoms with Gasteiger partial charge < -0.3 is 5.32 Å². The topological polar surface area (TPSA) is 118 Å². The lowest BCUT2D eigenvalue weighted by Gasteiger charge is -2.09. The van der Waals surface area contributed by atoms with Crippen molar-refractivity contribution < 1.29 is 4.79 Å². The molecule has 0 radical (unpaired) electrons. The number of thiophene rings is 1. The largest absolute Gasteiger partial charge is 0.365 e. The monoisotopic (exact) mass is 553 g/mol. The molecule has 0 amide bonds. The molecule has 0 saturated carbocycles. The van der Waals surface area contributed by atoms with Gasteiger partial charge in [0, 0.05) is 40.9 Å². The number of aromatic nitrogens is 5. The molecular formula is C23H16ClN7O2S3. The first-order valence-electron chi connectivity index (χ1n) is 10.6. The molecule has 1 N–H and O–H groups in total. The van der Waals surface area contributed by atoms with Crippen LogP contribution in [0.25, 0.3) is 11.3 Å². The predicted octanol–water partition coefficient (Wildman–Crippen LogP) is 4.75. The van der Waals surface area contributed by atoms with Gasteiger partial charge in [-0.15, -0.1) is 22.7 Å². The molecule has 5 aromatic rings. The molecule has 0 unspecified atom stereocenters. The third-order valence-electron chi connectivity index (χ3n) is 5.24. The molecule has 0 aliphatic rings. The van der Waals surface area contributed by atoms with Gasteiger partial charge in [0.05, 0.1) is 22.1 Å². The number of carbonyl (C=O) groups is 1. The quantitative estimate of drug-likeness (QED) is 0.294. The number of rotatable bonds is 8. The van der Waals surface area contributed by atoms with E-state index in [4.69, 9.17) is 11.6 Å². The van der Waals surface area contributed by atoms with Gasteiger partial charge in [-0.25, -0.2) is 4.98 Å². The molecule has 0 bridgehead atoms. The van der Waals surface area contributed by atoms with Gasteiger partial charge in [0.25, 0.3) is 5.56 Å². The van der Waals surface area contributed by atoms with Gasteiger partial charge in [0.1, 0.15) is 23.3 Å². The highest BCUT2D eigenvalue weighted by Gasteiger charge is 2.21. The Bertz CT molecular complexity index is 1610. The van der Waals surface area contributed by atoms with E-state index in [1.165, 1.54) is 43.5 Å². The zero-order valence-electron chi connectivity index (χ0n) is 18.4. The highest BCUT2D eigenvalue weighted by atomic mass is 35.5. The van der Waals surface area contributed by atoms with E-state index in [0.29, 0.717) is 35.4 Å². The van der Waals surface area contributed by atoms with Crippen LogP contribution >= 0.6 is 45.8 Å². The Hall–Kier alpha value is -3.63. The summed E-state index contributed by atoms with van der Waals surface area (Å²) in [6, 6.07) is 12.4. The fraction of sp³-hybridized carbons (Fsp3) is 0.130. The van der Waals surface area contributed by atoms with Crippen molar-refractivity contribution in [2.75, 3.05) is 5.32 Å². The van der Waals surface area contributed by atoms with E-state index in [0.717, 1.165) is 10.6 Å². The molecule has 0 saturated heterocycles. The minimum Gasteiger partial charge on any atom is -0.365 e. The van der Waals surface area contributed by atoms with E-state index >= 15 is 0 Å². The highest BCUT2D eigenvalue weighted by Crippen LogP contribution is 2.25. The standard InChI is InChI=1S/C23H16ClN7O2S3/c24-19-4-2-16(36-19)13-27-20-11-18(28-31(20)23(33)21-26-7-10-34-21)17-3-1-15(12-25)30(22(17)32)8-5-14-6-9-35-29-14/h1-4,6-7,9-11,27H,5,8,13H2. The number of nitrogens with one attached hydrogen (secondary N) is 1. The molecule has 5 aromatic heterocycles. The molecular weight excluding hydrogens is 538 g/mol. The van der Waals surface area contributed by atoms with Crippen molar-refractivity contribution in [3.05, 3.63) is 89.3 Å². The summed E-state index contributed by atoms with van der Waals surface area (Å²) in [4.78, 5) is 31.6. The van der Waals surface area contributed by atoms with Crippen molar-refractivity contribution in [2.45, 2.75) is 19.5 Å². The third-order valence-corrected chi connectivity index (χ3v) is 7.83. The lowest BCUT2D eigenvalue weighted by molar-refractivity contribution is 0.0947. The van der Waals surface area contributed by atoms with Crippen LogP contribution in [0, 0.1) is 11.3 Å². The Kier molecular flexibility index (Phi) is 7.06. The average Bonchev–Trinajstić information content (AvgIpc) is 3.69. The van der Waals surface area contributed by atoms with Crippen LogP contribution in [-0.2, 0) is 19.5 Å². The predicted molar refractivity (Wildman–Crippen MR) is 141 cm³/mol. The zero-order chi connectivity index (χ0) is 25.1. The number of pyridine rings is 1. The van der Waals surface area contributed by atoms with Gasteiger partial charge in [-0.2, -0.15) is 19.4 Å². The second-order valence-corrected chi connectivity index (χ2v) is 10.8. The molecule has 0 spiro atoms. The van der Waals surface area contributed by atoms with Crippen LogP contribution in [0.1, 0.15) is 26.1 Å². The first-order valence-corrected chi connectivity index (χ1v) is 13.5. The summed E-state index contributed by atoms with van der Waals surface area (Å²) in [5.74, 6) is -0.00651. The van der Waals surface area contributed by atoms with E-state index < -0.39 is 5.91 Å². The fourth-order valence-electron chi connectivity index (χ4n) is 3.52. The summed E-state index contributed by atoms with van der Waals surface area (Å²) in [7, 11) is 0. The van der Waals surface area contributed by atoms with Gasteiger partial charge in [-0.3, -0.25) is 14.2 Å². The lowest BCUT2D eigenvalue weighted by Crippen LogP contribution is -2.25. The van der Waals surface area contributed by atoms with Crippen LogP contribution in [0.15, 0.2) is 58.1 Å². The highest BCUT2D eigenvalue weighted by molar-refractivity contribution is 7.16. The summed E-state index contributed by atoms with van der Waals surface area (Å²) in [6.45, 7) is 0.710. The Morgan fingerprint density at radius 3 is 2.78 bits per heavy atom. The van der Waals surface area contributed by atoms with Crippen molar-refractivity contribution in [3.8, 4) is 17.3 Å². The number of carbonyl (C=O) groups excluding carboxylic acids is 1. The van der Waals surface area contributed by atoms with E-state index in [9.17, 15) is 14.9 Å².